The maximum atomic E-state index is 11.0. The van der Waals surface area contributed by atoms with E-state index >= 15 is 0 Å². The van der Waals surface area contributed by atoms with Crippen molar-refractivity contribution in [2.24, 2.45) is 11.1 Å². The van der Waals surface area contributed by atoms with Crippen LogP contribution in [-0.4, -0.2) is 18.6 Å². The zero-order chi connectivity index (χ0) is 11.8. The summed E-state index contributed by atoms with van der Waals surface area (Å²) in [5.41, 5.74) is 0. The molecule has 14 heavy (non-hydrogen) atoms. The number of halogens is 1. The van der Waals surface area contributed by atoms with Crippen molar-refractivity contribution in [1.82, 2.24) is 0 Å². The number of rotatable bonds is 5. The standard InChI is InChI=1S/C8H17NO2S.CH3I/c1-4-6-7(3)8(5-2)12(9,10)11;1-2/h4,7-8H,1,5-6H2,2-3H3,(H2,9,10,11);1H3/t7-,8?;/m0./s1. The molecular formula is C9H20INO2S. The summed E-state index contributed by atoms with van der Waals surface area (Å²) >= 11 is 2.15. The summed E-state index contributed by atoms with van der Waals surface area (Å²) in [6.07, 6.45) is 2.97. The van der Waals surface area contributed by atoms with Gasteiger partial charge in [0, 0.05) is 0 Å². The van der Waals surface area contributed by atoms with E-state index in [1.54, 1.807) is 6.08 Å². The molecule has 3 nitrogen and oxygen atoms in total. The lowest BCUT2D eigenvalue weighted by Crippen LogP contribution is -2.33. The van der Waals surface area contributed by atoms with E-state index in [0.717, 1.165) is 0 Å². The van der Waals surface area contributed by atoms with Crippen LogP contribution in [0.5, 0.6) is 0 Å². The SMILES string of the molecule is C=CC[C@H](C)C(CC)S(N)(=O)=O.CI. The molecule has 0 bridgehead atoms. The van der Waals surface area contributed by atoms with Crippen molar-refractivity contribution in [1.29, 1.82) is 0 Å². The molecule has 0 saturated carbocycles. The quantitative estimate of drug-likeness (QED) is 0.477. The number of sulfonamides is 1. The zero-order valence-corrected chi connectivity index (χ0v) is 12.0. The zero-order valence-electron chi connectivity index (χ0n) is 9.03. The van der Waals surface area contributed by atoms with Gasteiger partial charge in [-0.25, -0.2) is 13.6 Å². The minimum Gasteiger partial charge on any atom is -0.228 e. The Morgan fingerprint density at radius 1 is 1.50 bits per heavy atom. The summed E-state index contributed by atoms with van der Waals surface area (Å²) in [4.78, 5) is 1.97. The van der Waals surface area contributed by atoms with Crippen LogP contribution < -0.4 is 5.14 Å². The van der Waals surface area contributed by atoms with Gasteiger partial charge in [0.05, 0.1) is 5.25 Å². The molecule has 0 fully saturated rings. The Bertz CT molecular complexity index is 239. The third-order valence-electron chi connectivity index (χ3n) is 2.00. The summed E-state index contributed by atoms with van der Waals surface area (Å²) in [5, 5.41) is 4.62. The van der Waals surface area contributed by atoms with E-state index in [1.165, 1.54) is 0 Å². The fourth-order valence-electron chi connectivity index (χ4n) is 1.37. The first-order valence-electron chi connectivity index (χ1n) is 4.43. The molecule has 0 heterocycles. The van der Waals surface area contributed by atoms with Crippen LogP contribution in [0.1, 0.15) is 26.7 Å². The molecule has 0 rings (SSSR count). The van der Waals surface area contributed by atoms with Gasteiger partial charge >= 0.3 is 0 Å². The smallest absolute Gasteiger partial charge is 0.212 e. The fraction of sp³-hybridized carbons (Fsp3) is 0.778. The Kier molecular flexibility index (Phi) is 10.4. The van der Waals surface area contributed by atoms with Crippen molar-refractivity contribution in [3.63, 3.8) is 0 Å². The first kappa shape index (κ1) is 16.8. The molecule has 0 saturated heterocycles. The second-order valence-corrected chi connectivity index (χ2v) is 4.82. The van der Waals surface area contributed by atoms with E-state index in [2.05, 4.69) is 29.2 Å². The molecule has 0 amide bonds. The second-order valence-electron chi connectivity index (χ2n) is 3.04. The molecule has 1 unspecified atom stereocenters. The topological polar surface area (TPSA) is 60.2 Å². The maximum absolute atomic E-state index is 11.0. The van der Waals surface area contributed by atoms with Crippen LogP contribution in [0.3, 0.4) is 0 Å². The molecule has 0 aromatic heterocycles. The van der Waals surface area contributed by atoms with Gasteiger partial charge in [-0.3, -0.25) is 0 Å². The Balaban J connectivity index is 0. The molecular weight excluding hydrogens is 313 g/mol. The molecule has 0 radical (unpaired) electrons. The predicted octanol–water partition coefficient (Wildman–Crippen LogP) is 2.32. The number of hydrogen-bond acceptors (Lipinski definition) is 2. The van der Waals surface area contributed by atoms with Crippen LogP contribution in [0.2, 0.25) is 0 Å². The van der Waals surface area contributed by atoms with Gasteiger partial charge in [-0.05, 0) is 23.7 Å². The van der Waals surface area contributed by atoms with Gasteiger partial charge in [0.2, 0.25) is 10.0 Å². The lowest BCUT2D eigenvalue weighted by atomic mass is 10.0. The highest BCUT2D eigenvalue weighted by Gasteiger charge is 2.24. The van der Waals surface area contributed by atoms with Crippen molar-refractivity contribution in [3.8, 4) is 0 Å². The molecule has 0 aromatic rings. The van der Waals surface area contributed by atoms with Crippen molar-refractivity contribution < 1.29 is 8.42 Å². The van der Waals surface area contributed by atoms with Crippen LogP contribution in [0.4, 0.5) is 0 Å². The molecule has 86 valence electrons. The van der Waals surface area contributed by atoms with E-state index < -0.39 is 15.3 Å². The molecule has 2 atom stereocenters. The lowest BCUT2D eigenvalue weighted by molar-refractivity contribution is 0.499. The predicted molar refractivity (Wildman–Crippen MR) is 71.1 cm³/mol. The van der Waals surface area contributed by atoms with Crippen LogP contribution in [0, 0.1) is 5.92 Å². The minimum absolute atomic E-state index is 0.0579. The summed E-state index contributed by atoms with van der Waals surface area (Å²) in [7, 11) is -3.38. The molecule has 2 N–H and O–H groups in total. The summed E-state index contributed by atoms with van der Waals surface area (Å²) in [6, 6.07) is 0. The van der Waals surface area contributed by atoms with Crippen molar-refractivity contribution in [2.75, 3.05) is 4.93 Å². The summed E-state index contributed by atoms with van der Waals surface area (Å²) < 4.78 is 22.0. The van der Waals surface area contributed by atoms with E-state index in [-0.39, 0.29) is 5.92 Å². The van der Waals surface area contributed by atoms with Gasteiger partial charge in [-0.1, -0.05) is 42.5 Å². The molecule has 0 aromatic carbocycles. The van der Waals surface area contributed by atoms with Crippen LogP contribution >= 0.6 is 22.6 Å². The van der Waals surface area contributed by atoms with E-state index in [0.29, 0.717) is 12.8 Å². The van der Waals surface area contributed by atoms with Crippen molar-refractivity contribution in [3.05, 3.63) is 12.7 Å². The third kappa shape index (κ3) is 6.78. The summed E-state index contributed by atoms with van der Waals surface area (Å²) in [5.74, 6) is 0.0579. The highest BCUT2D eigenvalue weighted by molar-refractivity contribution is 14.1. The maximum Gasteiger partial charge on any atom is 0.212 e. The van der Waals surface area contributed by atoms with Crippen molar-refractivity contribution in [2.45, 2.75) is 31.9 Å². The van der Waals surface area contributed by atoms with Crippen molar-refractivity contribution >= 4 is 32.6 Å². The van der Waals surface area contributed by atoms with Gasteiger partial charge < -0.3 is 0 Å². The number of alkyl halides is 1. The second kappa shape index (κ2) is 8.67. The molecule has 0 spiro atoms. The highest BCUT2D eigenvalue weighted by atomic mass is 127. The van der Waals surface area contributed by atoms with E-state index in [9.17, 15) is 8.42 Å². The third-order valence-corrected chi connectivity index (χ3v) is 3.64. The Morgan fingerprint density at radius 3 is 2.14 bits per heavy atom. The van der Waals surface area contributed by atoms with Gasteiger partial charge in [-0.15, -0.1) is 6.58 Å². The normalized spacial score (nSPS) is 14.9. The lowest BCUT2D eigenvalue weighted by Gasteiger charge is -2.18. The van der Waals surface area contributed by atoms with Gasteiger partial charge in [0.15, 0.2) is 0 Å². The minimum atomic E-state index is -3.38. The molecule has 5 heteroatoms. The number of nitrogens with two attached hydrogens (primary N) is 1. The Labute approximate surface area is 101 Å². The first-order chi connectivity index (χ1) is 6.43. The number of hydrogen-bond donors (Lipinski definition) is 1. The molecule has 0 aliphatic heterocycles. The largest absolute Gasteiger partial charge is 0.228 e. The molecule has 0 aliphatic rings. The Morgan fingerprint density at radius 2 is 1.93 bits per heavy atom. The van der Waals surface area contributed by atoms with E-state index in [4.69, 9.17) is 5.14 Å². The average molecular weight is 333 g/mol. The van der Waals surface area contributed by atoms with Gasteiger partial charge in [0.1, 0.15) is 0 Å². The molecule has 0 aliphatic carbocycles. The fourth-order valence-corrected chi connectivity index (χ4v) is 2.60. The Hall–Kier alpha value is 0.380. The monoisotopic (exact) mass is 333 g/mol. The highest BCUT2D eigenvalue weighted by Crippen LogP contribution is 2.17. The van der Waals surface area contributed by atoms with Crippen LogP contribution in [0.25, 0.3) is 0 Å². The van der Waals surface area contributed by atoms with Gasteiger partial charge in [0.25, 0.3) is 0 Å². The summed E-state index contributed by atoms with van der Waals surface area (Å²) in [6.45, 7) is 7.27. The first-order valence-corrected chi connectivity index (χ1v) is 8.20. The van der Waals surface area contributed by atoms with Crippen LogP contribution in [0.15, 0.2) is 12.7 Å². The number of primary sulfonamides is 1. The van der Waals surface area contributed by atoms with E-state index in [1.807, 2.05) is 18.8 Å². The number of allylic oxidation sites excluding steroid dienone is 1. The van der Waals surface area contributed by atoms with Crippen LogP contribution in [-0.2, 0) is 10.0 Å². The average Bonchev–Trinajstić information content (AvgIpc) is 2.07. The van der Waals surface area contributed by atoms with Gasteiger partial charge in [-0.2, -0.15) is 0 Å².